The van der Waals surface area contributed by atoms with Gasteiger partial charge in [0.15, 0.2) is 5.96 Å². The van der Waals surface area contributed by atoms with E-state index in [2.05, 4.69) is 29.1 Å². The van der Waals surface area contributed by atoms with Crippen LogP contribution in [0, 0.1) is 19.8 Å². The second-order valence-corrected chi connectivity index (χ2v) is 5.02. The van der Waals surface area contributed by atoms with E-state index in [-0.39, 0.29) is 24.0 Å². The van der Waals surface area contributed by atoms with E-state index in [9.17, 15) is 0 Å². The third kappa shape index (κ3) is 5.52. The normalized spacial score (nSPS) is 11.2. The standard InChI is InChI=1S/C14H24N4O.HI/c1-9(2)6-17-14(15)18-8-12-11(4)13(19-5)10(3)7-16-12;/h7,9H,6,8H2,1-5H3,(H3,15,17,18);1H. The van der Waals surface area contributed by atoms with E-state index < -0.39 is 0 Å². The van der Waals surface area contributed by atoms with Crippen LogP contribution in [-0.4, -0.2) is 24.6 Å². The van der Waals surface area contributed by atoms with Crippen LogP contribution in [0.25, 0.3) is 0 Å². The third-order valence-electron chi connectivity index (χ3n) is 2.84. The van der Waals surface area contributed by atoms with Crippen molar-refractivity contribution in [3.8, 4) is 5.75 Å². The molecule has 5 nitrogen and oxygen atoms in total. The first-order valence-electron chi connectivity index (χ1n) is 6.48. The summed E-state index contributed by atoms with van der Waals surface area (Å²) in [6.45, 7) is 9.48. The highest BCUT2D eigenvalue weighted by Gasteiger charge is 2.08. The predicted molar refractivity (Wildman–Crippen MR) is 93.8 cm³/mol. The van der Waals surface area contributed by atoms with Crippen molar-refractivity contribution in [3.05, 3.63) is 23.0 Å². The zero-order chi connectivity index (χ0) is 14.4. The number of nitrogens with two attached hydrogens (primary N) is 1. The Hall–Kier alpha value is -1.05. The molecule has 0 amide bonds. The number of ether oxygens (including phenoxy) is 1. The largest absolute Gasteiger partial charge is 0.496 e. The van der Waals surface area contributed by atoms with Gasteiger partial charge in [-0.25, -0.2) is 4.99 Å². The van der Waals surface area contributed by atoms with Crippen LogP contribution >= 0.6 is 24.0 Å². The molecule has 1 rings (SSSR count). The summed E-state index contributed by atoms with van der Waals surface area (Å²) in [6.07, 6.45) is 1.80. The van der Waals surface area contributed by atoms with Crippen molar-refractivity contribution in [3.63, 3.8) is 0 Å². The first-order chi connectivity index (χ1) is 8.95. The molecule has 0 aliphatic heterocycles. The molecule has 1 aromatic heterocycles. The first kappa shape index (κ1) is 18.9. The van der Waals surface area contributed by atoms with Gasteiger partial charge in [-0.1, -0.05) is 13.8 Å². The molecule has 0 spiro atoms. The van der Waals surface area contributed by atoms with E-state index in [1.165, 1.54) is 0 Å². The van der Waals surface area contributed by atoms with Crippen molar-refractivity contribution in [1.82, 2.24) is 10.3 Å². The smallest absolute Gasteiger partial charge is 0.188 e. The molecule has 0 aliphatic rings. The van der Waals surface area contributed by atoms with Crippen molar-refractivity contribution in [2.75, 3.05) is 13.7 Å². The predicted octanol–water partition coefficient (Wildman–Crippen LogP) is 2.39. The minimum Gasteiger partial charge on any atom is -0.496 e. The Bertz CT molecular complexity index is 461. The summed E-state index contributed by atoms with van der Waals surface area (Å²) in [5, 5.41) is 3.08. The lowest BCUT2D eigenvalue weighted by Gasteiger charge is -2.11. The maximum absolute atomic E-state index is 5.80. The summed E-state index contributed by atoms with van der Waals surface area (Å²) in [6, 6.07) is 0. The molecule has 0 saturated heterocycles. The minimum absolute atomic E-state index is 0. The number of aromatic nitrogens is 1. The molecule has 0 radical (unpaired) electrons. The molecule has 1 heterocycles. The molecule has 1 aromatic rings. The second kappa shape index (κ2) is 8.99. The molecule has 3 N–H and O–H groups in total. The summed E-state index contributed by atoms with van der Waals surface area (Å²) in [7, 11) is 1.67. The van der Waals surface area contributed by atoms with Gasteiger partial charge in [0.05, 0.1) is 19.3 Å². The molecule has 0 aliphatic carbocycles. The molecule has 0 atom stereocenters. The van der Waals surface area contributed by atoms with Gasteiger partial charge >= 0.3 is 0 Å². The molecule has 0 aromatic carbocycles. The van der Waals surface area contributed by atoms with Crippen molar-refractivity contribution in [1.29, 1.82) is 0 Å². The van der Waals surface area contributed by atoms with Gasteiger partial charge < -0.3 is 15.8 Å². The SMILES string of the molecule is COc1c(C)cnc(CN=C(N)NCC(C)C)c1C.I. The van der Waals surface area contributed by atoms with E-state index in [1.54, 1.807) is 13.3 Å². The Labute approximate surface area is 138 Å². The molecule has 6 heteroatoms. The fourth-order valence-electron chi connectivity index (χ4n) is 1.76. The molecular formula is C14H25IN4O. The average Bonchev–Trinajstić information content (AvgIpc) is 2.36. The number of hydrogen-bond acceptors (Lipinski definition) is 3. The Morgan fingerprint density at radius 2 is 2.10 bits per heavy atom. The molecule has 0 unspecified atom stereocenters. The number of guanidine groups is 1. The number of aryl methyl sites for hydroxylation is 1. The summed E-state index contributed by atoms with van der Waals surface area (Å²) < 4.78 is 5.37. The van der Waals surface area contributed by atoms with Gasteiger partial charge in [-0.05, 0) is 19.8 Å². The lowest BCUT2D eigenvalue weighted by atomic mass is 10.1. The van der Waals surface area contributed by atoms with E-state index in [0.717, 1.165) is 29.1 Å². The quantitative estimate of drug-likeness (QED) is 0.459. The molecule has 0 saturated carbocycles. The molecule has 20 heavy (non-hydrogen) atoms. The van der Waals surface area contributed by atoms with Crippen LogP contribution in [0.1, 0.15) is 30.7 Å². The number of hydrogen-bond donors (Lipinski definition) is 2. The number of nitrogens with one attached hydrogen (secondary N) is 1. The zero-order valence-electron chi connectivity index (χ0n) is 12.9. The number of pyridine rings is 1. The van der Waals surface area contributed by atoms with Gasteiger partial charge in [-0.3, -0.25) is 4.98 Å². The van der Waals surface area contributed by atoms with E-state index in [4.69, 9.17) is 10.5 Å². The molecule has 114 valence electrons. The number of methoxy groups -OCH3 is 1. The molecular weight excluding hydrogens is 367 g/mol. The highest BCUT2D eigenvalue weighted by Crippen LogP contribution is 2.24. The summed E-state index contributed by atoms with van der Waals surface area (Å²) >= 11 is 0. The average molecular weight is 392 g/mol. The van der Waals surface area contributed by atoms with Crippen LogP contribution in [-0.2, 0) is 6.54 Å². The lowest BCUT2D eigenvalue weighted by molar-refractivity contribution is 0.407. The second-order valence-electron chi connectivity index (χ2n) is 5.02. The van der Waals surface area contributed by atoms with E-state index in [1.807, 2.05) is 13.8 Å². The van der Waals surface area contributed by atoms with Crippen LogP contribution in [0.4, 0.5) is 0 Å². The Kier molecular flexibility index (Phi) is 8.52. The topological polar surface area (TPSA) is 72.5 Å². The maximum Gasteiger partial charge on any atom is 0.188 e. The highest BCUT2D eigenvalue weighted by atomic mass is 127. The molecule has 0 bridgehead atoms. The Morgan fingerprint density at radius 3 is 2.65 bits per heavy atom. The summed E-state index contributed by atoms with van der Waals surface area (Å²) in [5.41, 5.74) is 8.73. The van der Waals surface area contributed by atoms with Crippen molar-refractivity contribution >= 4 is 29.9 Å². The number of nitrogens with zero attached hydrogens (tertiary/aromatic N) is 2. The highest BCUT2D eigenvalue weighted by molar-refractivity contribution is 14.0. The number of aliphatic imine (C=N–C) groups is 1. The van der Waals surface area contributed by atoms with Crippen LogP contribution in [0.5, 0.6) is 5.75 Å². The number of halogens is 1. The van der Waals surface area contributed by atoms with Crippen LogP contribution in [0.3, 0.4) is 0 Å². The van der Waals surface area contributed by atoms with Gasteiger partial charge in [-0.2, -0.15) is 0 Å². The van der Waals surface area contributed by atoms with Gasteiger partial charge in [0.25, 0.3) is 0 Å². The maximum atomic E-state index is 5.80. The number of rotatable bonds is 5. The van der Waals surface area contributed by atoms with Gasteiger partial charge in [0.2, 0.25) is 0 Å². The zero-order valence-corrected chi connectivity index (χ0v) is 15.2. The minimum atomic E-state index is 0. The van der Waals surface area contributed by atoms with E-state index in [0.29, 0.717) is 18.4 Å². The van der Waals surface area contributed by atoms with Gasteiger partial charge in [-0.15, -0.1) is 24.0 Å². The first-order valence-corrected chi connectivity index (χ1v) is 6.48. The fraction of sp³-hybridized carbons (Fsp3) is 0.571. The van der Waals surface area contributed by atoms with Crippen LogP contribution < -0.4 is 15.8 Å². The van der Waals surface area contributed by atoms with Crippen molar-refractivity contribution in [2.45, 2.75) is 34.2 Å². The van der Waals surface area contributed by atoms with E-state index >= 15 is 0 Å². The lowest BCUT2D eigenvalue weighted by Crippen LogP contribution is -2.34. The Morgan fingerprint density at radius 1 is 1.45 bits per heavy atom. The van der Waals surface area contributed by atoms with Gasteiger partial charge in [0, 0.05) is 23.9 Å². The van der Waals surface area contributed by atoms with Crippen molar-refractivity contribution < 1.29 is 4.74 Å². The third-order valence-corrected chi connectivity index (χ3v) is 2.84. The monoisotopic (exact) mass is 392 g/mol. The summed E-state index contributed by atoms with van der Waals surface area (Å²) in [4.78, 5) is 8.68. The van der Waals surface area contributed by atoms with Crippen molar-refractivity contribution in [2.24, 2.45) is 16.6 Å². The van der Waals surface area contributed by atoms with Crippen LogP contribution in [0.15, 0.2) is 11.2 Å². The molecule has 0 fully saturated rings. The van der Waals surface area contributed by atoms with Crippen LogP contribution in [0.2, 0.25) is 0 Å². The Balaban J connectivity index is 0.00000361. The fourth-order valence-corrected chi connectivity index (χ4v) is 1.76. The van der Waals surface area contributed by atoms with Gasteiger partial charge in [0.1, 0.15) is 5.75 Å². The summed E-state index contributed by atoms with van der Waals surface area (Å²) in [5.74, 6) is 1.86.